The minimum Gasteiger partial charge on any atom is -0.341 e. The molecule has 0 aromatic rings. The number of likely N-dealkylation sites (tertiary alicyclic amines) is 1. The molecule has 3 aliphatic rings. The van der Waals surface area contributed by atoms with Crippen LogP contribution in [0.3, 0.4) is 0 Å². The lowest BCUT2D eigenvalue weighted by Gasteiger charge is -2.38. The Balaban J connectivity index is 1.82. The Morgan fingerprint density at radius 2 is 2.04 bits per heavy atom. The molecule has 0 radical (unpaired) electrons. The normalized spacial score (nSPS) is 37.5. The predicted octanol–water partition coefficient (Wildman–Crippen LogP) is 2.56. The lowest BCUT2D eigenvalue weighted by Crippen LogP contribution is -2.41. The number of alkyl halides is 2. The molecule has 0 N–H and O–H groups in total. The zero-order valence-electron chi connectivity index (χ0n) is 13.5. The average molecular weight is 322 g/mol. The minimum atomic E-state index is -2.90. The van der Waals surface area contributed by atoms with Gasteiger partial charge < -0.3 is 4.90 Å². The number of hydrogen-bond acceptors (Lipinski definition) is 3. The Morgan fingerprint density at radius 3 is 2.57 bits per heavy atom. The van der Waals surface area contributed by atoms with Gasteiger partial charge in [0.15, 0.2) is 5.78 Å². The first-order valence-electron chi connectivity index (χ1n) is 7.88. The fraction of sp³-hybridized carbons (Fsp3) is 0.706. The van der Waals surface area contributed by atoms with Gasteiger partial charge in [0.25, 0.3) is 5.92 Å². The summed E-state index contributed by atoms with van der Waals surface area (Å²) in [6, 6.07) is 1.95. The van der Waals surface area contributed by atoms with Crippen molar-refractivity contribution in [2.45, 2.75) is 39.5 Å². The second-order valence-electron chi connectivity index (χ2n) is 7.87. The van der Waals surface area contributed by atoms with Crippen molar-refractivity contribution in [1.82, 2.24) is 4.90 Å². The summed E-state index contributed by atoms with van der Waals surface area (Å²) in [6.07, 6.45) is 2.81. The Labute approximate surface area is 134 Å². The first-order valence-corrected chi connectivity index (χ1v) is 7.88. The molecule has 0 bridgehead atoms. The molecule has 4 nitrogen and oxygen atoms in total. The quantitative estimate of drug-likeness (QED) is 0.745. The first-order chi connectivity index (χ1) is 10.5. The second kappa shape index (κ2) is 4.62. The van der Waals surface area contributed by atoms with Gasteiger partial charge in [0.2, 0.25) is 5.91 Å². The minimum absolute atomic E-state index is 0.126. The van der Waals surface area contributed by atoms with E-state index in [0.717, 1.165) is 0 Å². The number of nitrogens with zero attached hydrogens (tertiary/aromatic N) is 2. The van der Waals surface area contributed by atoms with Gasteiger partial charge >= 0.3 is 0 Å². The van der Waals surface area contributed by atoms with Gasteiger partial charge in [-0.2, -0.15) is 5.26 Å². The third-order valence-corrected chi connectivity index (χ3v) is 5.60. The number of carbonyl (C=O) groups excluding carboxylic acids is 2. The molecule has 6 heteroatoms. The average Bonchev–Trinajstić information content (AvgIpc) is 2.81. The van der Waals surface area contributed by atoms with Crippen LogP contribution in [0, 0.1) is 34.0 Å². The van der Waals surface area contributed by atoms with Crippen LogP contribution in [0.15, 0.2) is 11.6 Å². The van der Waals surface area contributed by atoms with Gasteiger partial charge in [0, 0.05) is 29.8 Å². The molecule has 3 atom stereocenters. The number of carbonyl (C=O) groups is 2. The van der Waals surface area contributed by atoms with Crippen LogP contribution in [0.2, 0.25) is 0 Å². The molecule has 1 spiro atoms. The summed E-state index contributed by atoms with van der Waals surface area (Å²) in [6.45, 7) is 5.70. The van der Waals surface area contributed by atoms with Crippen molar-refractivity contribution >= 4 is 11.7 Å². The van der Waals surface area contributed by atoms with Crippen molar-refractivity contribution in [2.75, 3.05) is 13.1 Å². The van der Waals surface area contributed by atoms with E-state index in [1.165, 1.54) is 11.8 Å². The Kier molecular flexibility index (Phi) is 3.24. The van der Waals surface area contributed by atoms with Crippen LogP contribution >= 0.6 is 0 Å². The van der Waals surface area contributed by atoms with Crippen LogP contribution in [0.25, 0.3) is 0 Å². The van der Waals surface area contributed by atoms with Crippen LogP contribution in [0.5, 0.6) is 0 Å². The summed E-state index contributed by atoms with van der Waals surface area (Å²) in [5, 5.41) is 9.20. The number of ketones is 1. The fourth-order valence-corrected chi connectivity index (χ4v) is 4.23. The number of Topliss-reactive ketones (excluding diaryl/α,β-unsaturated/α-hetero) is 1. The molecule has 1 aliphatic heterocycles. The van der Waals surface area contributed by atoms with Crippen molar-refractivity contribution in [3.05, 3.63) is 11.6 Å². The summed E-state index contributed by atoms with van der Waals surface area (Å²) >= 11 is 0. The van der Waals surface area contributed by atoms with Crippen molar-refractivity contribution in [3.63, 3.8) is 0 Å². The molecule has 0 aromatic heterocycles. The number of halogens is 2. The zero-order valence-corrected chi connectivity index (χ0v) is 13.5. The maximum Gasteiger partial charge on any atom is 0.263 e. The Bertz CT molecular complexity index is 662. The molecule has 1 heterocycles. The van der Waals surface area contributed by atoms with Crippen LogP contribution in [-0.2, 0) is 9.59 Å². The van der Waals surface area contributed by atoms with E-state index in [2.05, 4.69) is 0 Å². The second-order valence-corrected chi connectivity index (χ2v) is 7.87. The van der Waals surface area contributed by atoms with E-state index in [1.54, 1.807) is 19.9 Å². The van der Waals surface area contributed by atoms with E-state index in [0.29, 0.717) is 25.9 Å². The van der Waals surface area contributed by atoms with E-state index in [-0.39, 0.29) is 11.4 Å². The lowest BCUT2D eigenvalue weighted by molar-refractivity contribution is -0.134. The van der Waals surface area contributed by atoms with E-state index < -0.39 is 34.5 Å². The van der Waals surface area contributed by atoms with E-state index in [9.17, 15) is 23.6 Å². The summed E-state index contributed by atoms with van der Waals surface area (Å²) in [5.41, 5.74) is -0.998. The van der Waals surface area contributed by atoms with E-state index in [4.69, 9.17) is 0 Å². The van der Waals surface area contributed by atoms with Crippen LogP contribution in [0.1, 0.15) is 33.6 Å². The van der Waals surface area contributed by atoms with Crippen LogP contribution < -0.4 is 0 Å². The predicted molar refractivity (Wildman–Crippen MR) is 78.3 cm³/mol. The molecule has 2 unspecified atom stereocenters. The van der Waals surface area contributed by atoms with Gasteiger partial charge in [0.05, 0.1) is 5.57 Å². The summed E-state index contributed by atoms with van der Waals surface area (Å²) < 4.78 is 26.9. The van der Waals surface area contributed by atoms with Crippen molar-refractivity contribution < 1.29 is 18.4 Å². The fourth-order valence-electron chi connectivity index (χ4n) is 4.23. The molecule has 124 valence electrons. The number of hydrogen-bond donors (Lipinski definition) is 0. The highest BCUT2D eigenvalue weighted by Gasteiger charge is 2.70. The van der Waals surface area contributed by atoms with Crippen molar-refractivity contribution in [2.24, 2.45) is 22.7 Å². The monoisotopic (exact) mass is 322 g/mol. The number of allylic oxidation sites excluding steroid dienone is 1. The molecule has 1 saturated carbocycles. The number of amides is 1. The zero-order chi connectivity index (χ0) is 17.2. The SMILES string of the molecule is CC1C(C(=O)N2CC[C@@]3(C=C(C#N)C(=O)C(C)(C)C3)C2)C1(F)F. The summed E-state index contributed by atoms with van der Waals surface area (Å²) in [7, 11) is 0. The Morgan fingerprint density at radius 1 is 1.43 bits per heavy atom. The third-order valence-electron chi connectivity index (χ3n) is 5.60. The number of nitriles is 1. The molecular formula is C17H20F2N2O2. The topological polar surface area (TPSA) is 61.2 Å². The lowest BCUT2D eigenvalue weighted by atomic mass is 9.64. The molecule has 2 aliphatic carbocycles. The standard InChI is InChI=1S/C17H20F2N2O2/c1-10-12(17(10,18)19)14(23)21-5-4-16(9-21)6-11(7-20)13(22)15(2,3)8-16/h6,10,12H,4-5,8-9H2,1-3H3/t10?,12?,16-/m0/s1. The smallest absolute Gasteiger partial charge is 0.263 e. The van der Waals surface area contributed by atoms with Crippen LogP contribution in [0.4, 0.5) is 8.78 Å². The van der Waals surface area contributed by atoms with E-state index in [1.807, 2.05) is 6.07 Å². The van der Waals surface area contributed by atoms with Gasteiger partial charge in [-0.15, -0.1) is 0 Å². The first kappa shape index (κ1) is 16.1. The highest BCUT2D eigenvalue weighted by Crippen LogP contribution is 2.56. The molecular weight excluding hydrogens is 302 g/mol. The molecule has 1 amide bonds. The van der Waals surface area contributed by atoms with Gasteiger partial charge in [-0.3, -0.25) is 9.59 Å². The van der Waals surface area contributed by atoms with Gasteiger partial charge in [-0.05, 0) is 12.8 Å². The maximum absolute atomic E-state index is 13.5. The van der Waals surface area contributed by atoms with Gasteiger partial charge in [-0.1, -0.05) is 26.8 Å². The van der Waals surface area contributed by atoms with Crippen molar-refractivity contribution in [3.8, 4) is 6.07 Å². The Hall–Kier alpha value is -1.77. The highest BCUT2D eigenvalue weighted by atomic mass is 19.3. The van der Waals surface area contributed by atoms with Gasteiger partial charge in [0.1, 0.15) is 12.0 Å². The molecule has 23 heavy (non-hydrogen) atoms. The maximum atomic E-state index is 13.5. The molecule has 1 saturated heterocycles. The number of rotatable bonds is 1. The summed E-state index contributed by atoms with van der Waals surface area (Å²) in [4.78, 5) is 26.0. The molecule has 0 aromatic carbocycles. The third kappa shape index (κ3) is 2.29. The molecule has 3 rings (SSSR count). The largest absolute Gasteiger partial charge is 0.341 e. The van der Waals surface area contributed by atoms with E-state index >= 15 is 0 Å². The van der Waals surface area contributed by atoms with Crippen LogP contribution in [-0.4, -0.2) is 35.6 Å². The summed E-state index contributed by atoms with van der Waals surface area (Å²) in [5.74, 6) is -5.70. The molecule has 2 fully saturated rings. The van der Waals surface area contributed by atoms with Crippen molar-refractivity contribution in [1.29, 1.82) is 5.26 Å². The highest BCUT2D eigenvalue weighted by molar-refractivity contribution is 6.03. The van der Waals surface area contributed by atoms with Gasteiger partial charge in [-0.25, -0.2) is 8.78 Å².